The molecule has 13 heavy (non-hydrogen) atoms. The predicted octanol–water partition coefficient (Wildman–Crippen LogP) is 1.77. The minimum absolute atomic E-state index is 0.0192. The second-order valence-corrected chi connectivity index (χ2v) is 3.77. The van der Waals surface area contributed by atoms with E-state index in [0.717, 1.165) is 0 Å². The molecule has 0 saturated carbocycles. The summed E-state index contributed by atoms with van der Waals surface area (Å²) >= 11 is 0. The third-order valence-electron chi connectivity index (χ3n) is 1.64. The Hall–Kier alpha value is -0.900. The molecule has 0 saturated heterocycles. The molecular formula is C9H15FN2O. The molecule has 1 aromatic heterocycles. The van der Waals surface area contributed by atoms with Crippen LogP contribution < -0.4 is 5.73 Å². The highest BCUT2D eigenvalue weighted by molar-refractivity contribution is 5.03. The Kier molecular flexibility index (Phi) is 2.71. The summed E-state index contributed by atoms with van der Waals surface area (Å²) in [6.45, 7) is 4.72. The number of oxazole rings is 1. The summed E-state index contributed by atoms with van der Waals surface area (Å²) in [4.78, 5) is 3.94. The monoisotopic (exact) mass is 186 g/mol. The summed E-state index contributed by atoms with van der Waals surface area (Å²) in [6, 6.07) is -0.0192. The lowest BCUT2D eigenvalue weighted by Crippen LogP contribution is -2.17. The molecule has 0 bridgehead atoms. The first-order chi connectivity index (χ1) is 5.89. The van der Waals surface area contributed by atoms with E-state index in [0.29, 0.717) is 12.3 Å². The maximum Gasteiger partial charge on any atom is 0.196 e. The molecule has 0 fully saturated rings. The van der Waals surface area contributed by atoms with Crippen molar-refractivity contribution in [2.75, 3.05) is 0 Å². The van der Waals surface area contributed by atoms with Gasteiger partial charge >= 0.3 is 0 Å². The lowest BCUT2D eigenvalue weighted by molar-refractivity contribution is 0.175. The SMILES string of the molecule is CC(N)Cc1ncc(C(C)(C)F)o1. The highest BCUT2D eigenvalue weighted by atomic mass is 19.1. The molecule has 0 aliphatic heterocycles. The molecule has 0 radical (unpaired) electrons. The van der Waals surface area contributed by atoms with Gasteiger partial charge in [0.25, 0.3) is 0 Å². The Morgan fingerprint density at radius 2 is 2.31 bits per heavy atom. The van der Waals surface area contributed by atoms with E-state index < -0.39 is 5.67 Å². The molecule has 4 heteroatoms. The molecule has 1 atom stereocenters. The van der Waals surface area contributed by atoms with Gasteiger partial charge in [0.2, 0.25) is 0 Å². The van der Waals surface area contributed by atoms with Crippen LogP contribution in [0.5, 0.6) is 0 Å². The highest BCUT2D eigenvalue weighted by Gasteiger charge is 2.24. The van der Waals surface area contributed by atoms with Crippen LogP contribution in [0.1, 0.15) is 32.4 Å². The normalized spacial score (nSPS) is 14.5. The van der Waals surface area contributed by atoms with Crippen molar-refractivity contribution in [3.63, 3.8) is 0 Å². The molecule has 0 aromatic carbocycles. The minimum atomic E-state index is -1.47. The molecule has 74 valence electrons. The molecule has 0 aliphatic carbocycles. The fourth-order valence-electron chi connectivity index (χ4n) is 0.955. The van der Waals surface area contributed by atoms with Crippen LogP contribution >= 0.6 is 0 Å². The standard InChI is InChI=1S/C9H15FN2O/c1-6(11)4-8-12-5-7(13-8)9(2,3)10/h5-6H,4,11H2,1-3H3. The van der Waals surface area contributed by atoms with E-state index in [9.17, 15) is 4.39 Å². The van der Waals surface area contributed by atoms with E-state index in [4.69, 9.17) is 10.2 Å². The van der Waals surface area contributed by atoms with E-state index in [1.165, 1.54) is 20.0 Å². The quantitative estimate of drug-likeness (QED) is 0.782. The Morgan fingerprint density at radius 1 is 1.69 bits per heavy atom. The zero-order valence-corrected chi connectivity index (χ0v) is 8.17. The topological polar surface area (TPSA) is 52.0 Å². The summed E-state index contributed by atoms with van der Waals surface area (Å²) < 4.78 is 18.5. The van der Waals surface area contributed by atoms with Crippen molar-refractivity contribution in [1.82, 2.24) is 4.98 Å². The van der Waals surface area contributed by atoms with Crippen LogP contribution in [-0.2, 0) is 12.1 Å². The van der Waals surface area contributed by atoms with Gasteiger partial charge in [-0.2, -0.15) is 0 Å². The van der Waals surface area contributed by atoms with Crippen molar-refractivity contribution < 1.29 is 8.81 Å². The van der Waals surface area contributed by atoms with Gasteiger partial charge in [0.1, 0.15) is 0 Å². The van der Waals surface area contributed by atoms with Crippen LogP contribution in [-0.4, -0.2) is 11.0 Å². The summed E-state index contributed by atoms with van der Waals surface area (Å²) in [5.74, 6) is 0.749. The summed E-state index contributed by atoms with van der Waals surface area (Å²) in [5, 5.41) is 0. The molecular weight excluding hydrogens is 171 g/mol. The molecule has 0 spiro atoms. The molecule has 0 aliphatic rings. The van der Waals surface area contributed by atoms with Gasteiger partial charge in [0.15, 0.2) is 17.3 Å². The van der Waals surface area contributed by atoms with Crippen molar-refractivity contribution in [1.29, 1.82) is 0 Å². The lowest BCUT2D eigenvalue weighted by atomic mass is 10.1. The molecule has 3 nitrogen and oxygen atoms in total. The number of halogens is 1. The maximum atomic E-state index is 13.3. The predicted molar refractivity (Wildman–Crippen MR) is 48.0 cm³/mol. The summed E-state index contributed by atoms with van der Waals surface area (Å²) in [7, 11) is 0. The van der Waals surface area contributed by atoms with Crippen LogP contribution in [0.25, 0.3) is 0 Å². The van der Waals surface area contributed by atoms with Crippen molar-refractivity contribution in [3.05, 3.63) is 17.8 Å². The summed E-state index contributed by atoms with van der Waals surface area (Å²) in [5.41, 5.74) is 4.08. The second kappa shape index (κ2) is 3.46. The van der Waals surface area contributed by atoms with Gasteiger partial charge in [0.05, 0.1) is 6.20 Å². The van der Waals surface area contributed by atoms with Crippen molar-refractivity contribution >= 4 is 0 Å². The van der Waals surface area contributed by atoms with Gasteiger partial charge in [-0.05, 0) is 20.8 Å². The Balaban J connectivity index is 2.75. The Bertz CT molecular complexity index is 275. The smallest absolute Gasteiger partial charge is 0.196 e. The third kappa shape index (κ3) is 2.81. The average molecular weight is 186 g/mol. The number of nitrogens with two attached hydrogens (primary N) is 1. The number of alkyl halides is 1. The van der Waals surface area contributed by atoms with Gasteiger partial charge in [-0.15, -0.1) is 0 Å². The molecule has 1 unspecified atom stereocenters. The van der Waals surface area contributed by atoms with Crippen molar-refractivity contribution in [2.45, 2.75) is 38.9 Å². The number of hydrogen-bond donors (Lipinski definition) is 1. The summed E-state index contributed by atoms with van der Waals surface area (Å²) in [6.07, 6.45) is 1.95. The van der Waals surface area contributed by atoms with Crippen molar-refractivity contribution in [2.24, 2.45) is 5.73 Å². The van der Waals surface area contributed by atoms with Crippen LogP contribution in [0.15, 0.2) is 10.6 Å². The van der Waals surface area contributed by atoms with E-state index in [-0.39, 0.29) is 11.8 Å². The Labute approximate surface area is 77.1 Å². The first-order valence-electron chi connectivity index (χ1n) is 4.29. The first kappa shape index (κ1) is 10.2. The van der Waals surface area contributed by atoms with E-state index in [2.05, 4.69) is 4.98 Å². The molecule has 1 aromatic rings. The fourth-order valence-corrected chi connectivity index (χ4v) is 0.955. The molecule has 1 heterocycles. The van der Waals surface area contributed by atoms with Crippen LogP contribution in [0, 0.1) is 0 Å². The van der Waals surface area contributed by atoms with Gasteiger partial charge in [-0.25, -0.2) is 9.37 Å². The van der Waals surface area contributed by atoms with Crippen molar-refractivity contribution in [3.8, 4) is 0 Å². The zero-order chi connectivity index (χ0) is 10.1. The number of hydrogen-bond acceptors (Lipinski definition) is 3. The number of nitrogens with zero attached hydrogens (tertiary/aromatic N) is 1. The fraction of sp³-hybridized carbons (Fsp3) is 0.667. The van der Waals surface area contributed by atoms with Gasteiger partial charge in [-0.3, -0.25) is 0 Å². The minimum Gasteiger partial charge on any atom is -0.442 e. The van der Waals surface area contributed by atoms with Crippen LogP contribution in [0.4, 0.5) is 4.39 Å². The Morgan fingerprint density at radius 3 is 2.69 bits per heavy atom. The lowest BCUT2D eigenvalue weighted by Gasteiger charge is -2.08. The van der Waals surface area contributed by atoms with E-state index in [1.807, 2.05) is 6.92 Å². The molecule has 0 amide bonds. The second-order valence-electron chi connectivity index (χ2n) is 3.77. The van der Waals surface area contributed by atoms with E-state index in [1.54, 1.807) is 0 Å². The maximum absolute atomic E-state index is 13.3. The number of rotatable bonds is 3. The van der Waals surface area contributed by atoms with Gasteiger partial charge in [-0.1, -0.05) is 0 Å². The largest absolute Gasteiger partial charge is 0.442 e. The van der Waals surface area contributed by atoms with E-state index >= 15 is 0 Å². The van der Waals surface area contributed by atoms with Gasteiger partial charge < -0.3 is 10.2 Å². The molecule has 1 rings (SSSR count). The van der Waals surface area contributed by atoms with Crippen LogP contribution in [0.2, 0.25) is 0 Å². The average Bonchev–Trinajstić information content (AvgIpc) is 2.32. The van der Waals surface area contributed by atoms with Gasteiger partial charge in [0, 0.05) is 12.5 Å². The highest BCUT2D eigenvalue weighted by Crippen LogP contribution is 2.24. The third-order valence-corrected chi connectivity index (χ3v) is 1.64. The zero-order valence-electron chi connectivity index (χ0n) is 8.17. The number of aromatic nitrogens is 1. The van der Waals surface area contributed by atoms with Crippen LogP contribution in [0.3, 0.4) is 0 Å². The first-order valence-corrected chi connectivity index (χ1v) is 4.29. The molecule has 2 N–H and O–H groups in total.